The summed E-state index contributed by atoms with van der Waals surface area (Å²) in [5, 5.41) is 8.41. The van der Waals surface area contributed by atoms with Gasteiger partial charge in [-0.15, -0.1) is 11.3 Å². The van der Waals surface area contributed by atoms with Gasteiger partial charge < -0.3 is 5.11 Å². The van der Waals surface area contributed by atoms with Crippen molar-refractivity contribution in [1.82, 2.24) is 5.48 Å². The molecule has 1 aliphatic carbocycles. The van der Waals surface area contributed by atoms with Gasteiger partial charge in [0, 0.05) is 4.88 Å². The van der Waals surface area contributed by atoms with Crippen molar-refractivity contribution in [3.8, 4) is 0 Å². The van der Waals surface area contributed by atoms with Crippen LogP contribution in [0, 0.1) is 5.92 Å². The predicted octanol–water partition coefficient (Wildman–Crippen LogP) is 2.01. The molecular weight excluding hydrogens is 266 g/mol. The van der Waals surface area contributed by atoms with Crippen molar-refractivity contribution in [2.45, 2.75) is 32.6 Å². The molecule has 1 aromatic heterocycles. The largest absolute Gasteiger partial charge is 0.479 e. The normalized spacial score (nSPS) is 17.8. The molecule has 0 bridgehead atoms. The first kappa shape index (κ1) is 14.0. The summed E-state index contributed by atoms with van der Waals surface area (Å²) in [6, 6.07) is 1.90. The number of carbonyl (C=O) groups excluding carboxylic acids is 1. The molecular formula is C13H17NO4S. The highest BCUT2D eigenvalue weighted by atomic mass is 32.1. The number of carbonyl (C=O) groups is 2. The van der Waals surface area contributed by atoms with Crippen LogP contribution in [0.5, 0.6) is 0 Å². The molecule has 1 atom stereocenters. The van der Waals surface area contributed by atoms with E-state index in [0.717, 1.165) is 12.8 Å². The fourth-order valence-electron chi connectivity index (χ4n) is 2.27. The van der Waals surface area contributed by atoms with Crippen LogP contribution in [0.2, 0.25) is 0 Å². The Morgan fingerprint density at radius 2 is 2.37 bits per heavy atom. The van der Waals surface area contributed by atoms with Crippen molar-refractivity contribution < 1.29 is 19.5 Å². The Labute approximate surface area is 115 Å². The Morgan fingerprint density at radius 3 is 3.05 bits per heavy atom. The van der Waals surface area contributed by atoms with Gasteiger partial charge in [-0.1, -0.05) is 13.3 Å². The standard InChI is InChI=1S/C13H17NO4S/c1-2-8-3-4-10-9(5-8)6-11(19-10)13(17)14-18-7-12(15)16/h6,8H,2-5,7H2,1H3,(H,14,17)(H,15,16). The number of aliphatic carboxylic acids is 1. The van der Waals surface area contributed by atoms with Gasteiger partial charge in [0.2, 0.25) is 0 Å². The smallest absolute Gasteiger partial charge is 0.332 e. The van der Waals surface area contributed by atoms with Crippen LogP contribution in [-0.2, 0) is 22.5 Å². The van der Waals surface area contributed by atoms with Gasteiger partial charge in [-0.05, 0) is 36.8 Å². The maximum Gasteiger partial charge on any atom is 0.332 e. The molecule has 104 valence electrons. The highest BCUT2D eigenvalue weighted by Gasteiger charge is 2.22. The van der Waals surface area contributed by atoms with E-state index in [1.807, 2.05) is 6.07 Å². The van der Waals surface area contributed by atoms with E-state index in [1.54, 1.807) is 0 Å². The molecule has 0 saturated carbocycles. The number of carboxylic acid groups (broad SMARTS) is 1. The molecule has 0 aliphatic heterocycles. The minimum atomic E-state index is -1.11. The second-order valence-electron chi connectivity index (χ2n) is 4.69. The highest BCUT2D eigenvalue weighted by molar-refractivity contribution is 7.14. The van der Waals surface area contributed by atoms with E-state index in [-0.39, 0.29) is 5.91 Å². The molecule has 1 aromatic rings. The van der Waals surface area contributed by atoms with Crippen molar-refractivity contribution in [3.63, 3.8) is 0 Å². The van der Waals surface area contributed by atoms with Crippen molar-refractivity contribution in [2.24, 2.45) is 5.92 Å². The van der Waals surface area contributed by atoms with Crippen LogP contribution in [0.4, 0.5) is 0 Å². The van der Waals surface area contributed by atoms with Crippen LogP contribution >= 0.6 is 11.3 Å². The van der Waals surface area contributed by atoms with Crippen molar-refractivity contribution in [3.05, 3.63) is 21.4 Å². The third-order valence-electron chi connectivity index (χ3n) is 3.35. The fourth-order valence-corrected chi connectivity index (χ4v) is 3.37. The summed E-state index contributed by atoms with van der Waals surface area (Å²) in [4.78, 5) is 28.5. The lowest BCUT2D eigenvalue weighted by atomic mass is 9.87. The lowest BCUT2D eigenvalue weighted by Gasteiger charge is -2.19. The molecule has 1 unspecified atom stereocenters. The van der Waals surface area contributed by atoms with E-state index in [2.05, 4.69) is 17.2 Å². The Balaban J connectivity index is 1.96. The number of carboxylic acids is 1. The first-order valence-corrected chi connectivity index (χ1v) is 7.17. The van der Waals surface area contributed by atoms with Gasteiger partial charge in [0.05, 0.1) is 4.88 Å². The minimum Gasteiger partial charge on any atom is -0.479 e. The third-order valence-corrected chi connectivity index (χ3v) is 4.58. The van der Waals surface area contributed by atoms with Gasteiger partial charge in [-0.2, -0.15) is 0 Å². The van der Waals surface area contributed by atoms with Crippen molar-refractivity contribution in [1.29, 1.82) is 0 Å². The molecule has 19 heavy (non-hydrogen) atoms. The van der Waals surface area contributed by atoms with Gasteiger partial charge >= 0.3 is 5.97 Å². The summed E-state index contributed by atoms with van der Waals surface area (Å²) in [6.45, 7) is 1.66. The Morgan fingerprint density at radius 1 is 1.58 bits per heavy atom. The van der Waals surface area contributed by atoms with E-state index >= 15 is 0 Å². The number of hydroxylamine groups is 1. The quantitative estimate of drug-likeness (QED) is 0.811. The second-order valence-corrected chi connectivity index (χ2v) is 5.83. The van der Waals surface area contributed by atoms with Crippen LogP contribution < -0.4 is 5.48 Å². The average Bonchev–Trinajstić information content (AvgIpc) is 2.80. The van der Waals surface area contributed by atoms with Crippen LogP contribution in [0.3, 0.4) is 0 Å². The molecule has 2 rings (SSSR count). The molecule has 0 fully saturated rings. The molecule has 0 aromatic carbocycles. The SMILES string of the molecule is CCC1CCc2sc(C(=O)NOCC(=O)O)cc2C1. The molecule has 2 N–H and O–H groups in total. The molecule has 1 heterocycles. The lowest BCUT2D eigenvalue weighted by Crippen LogP contribution is -2.25. The van der Waals surface area contributed by atoms with Crippen LogP contribution in [-0.4, -0.2) is 23.6 Å². The molecule has 5 nitrogen and oxygen atoms in total. The number of nitrogens with one attached hydrogen (secondary N) is 1. The van der Waals surface area contributed by atoms with Crippen LogP contribution in [0.25, 0.3) is 0 Å². The summed E-state index contributed by atoms with van der Waals surface area (Å²) >= 11 is 1.48. The molecule has 0 saturated heterocycles. The van der Waals surface area contributed by atoms with E-state index in [0.29, 0.717) is 10.8 Å². The number of rotatable bonds is 5. The molecule has 1 amide bonds. The summed E-state index contributed by atoms with van der Waals surface area (Å²) in [5.41, 5.74) is 3.41. The number of amides is 1. The summed E-state index contributed by atoms with van der Waals surface area (Å²) in [6.07, 6.45) is 4.41. The zero-order valence-corrected chi connectivity index (χ0v) is 11.6. The highest BCUT2D eigenvalue weighted by Crippen LogP contribution is 2.33. The Bertz CT molecular complexity index is 483. The molecule has 0 spiro atoms. The van der Waals surface area contributed by atoms with E-state index in [1.165, 1.54) is 34.6 Å². The van der Waals surface area contributed by atoms with Crippen molar-refractivity contribution >= 4 is 23.2 Å². The maximum absolute atomic E-state index is 11.8. The number of aryl methyl sites for hydroxylation is 1. The first-order chi connectivity index (χ1) is 9.10. The topological polar surface area (TPSA) is 75.6 Å². The second kappa shape index (κ2) is 6.16. The first-order valence-electron chi connectivity index (χ1n) is 6.35. The number of thiophene rings is 1. The van der Waals surface area contributed by atoms with Gasteiger partial charge in [0.15, 0.2) is 6.61 Å². The minimum absolute atomic E-state index is 0.367. The Kier molecular flexibility index (Phi) is 4.55. The zero-order valence-electron chi connectivity index (χ0n) is 10.8. The zero-order chi connectivity index (χ0) is 13.8. The number of hydrogen-bond acceptors (Lipinski definition) is 4. The third kappa shape index (κ3) is 3.54. The van der Waals surface area contributed by atoms with Gasteiger partial charge in [-0.25, -0.2) is 10.3 Å². The van der Waals surface area contributed by atoms with Gasteiger partial charge in [0.25, 0.3) is 5.91 Å². The van der Waals surface area contributed by atoms with Crippen LogP contribution in [0.15, 0.2) is 6.07 Å². The van der Waals surface area contributed by atoms with Gasteiger partial charge in [-0.3, -0.25) is 9.63 Å². The monoisotopic (exact) mass is 283 g/mol. The van der Waals surface area contributed by atoms with Crippen molar-refractivity contribution in [2.75, 3.05) is 6.61 Å². The predicted molar refractivity (Wildman–Crippen MR) is 71.2 cm³/mol. The lowest BCUT2D eigenvalue weighted by molar-refractivity contribution is -0.144. The molecule has 6 heteroatoms. The molecule has 0 radical (unpaired) electrons. The van der Waals surface area contributed by atoms with E-state index < -0.39 is 12.6 Å². The average molecular weight is 283 g/mol. The van der Waals surface area contributed by atoms with E-state index in [9.17, 15) is 9.59 Å². The summed E-state index contributed by atoms with van der Waals surface area (Å²) in [7, 11) is 0. The van der Waals surface area contributed by atoms with Crippen LogP contribution in [0.1, 0.15) is 39.9 Å². The fraction of sp³-hybridized carbons (Fsp3) is 0.538. The van der Waals surface area contributed by atoms with Gasteiger partial charge in [0.1, 0.15) is 0 Å². The number of fused-ring (bicyclic) bond motifs is 1. The summed E-state index contributed by atoms with van der Waals surface area (Å²) in [5.74, 6) is -0.772. The molecule has 1 aliphatic rings. The number of hydrogen-bond donors (Lipinski definition) is 2. The maximum atomic E-state index is 11.8. The Hall–Kier alpha value is -1.40. The van der Waals surface area contributed by atoms with E-state index in [4.69, 9.17) is 5.11 Å². The summed E-state index contributed by atoms with van der Waals surface area (Å²) < 4.78 is 0.